The zero-order valence-electron chi connectivity index (χ0n) is 14.5. The van der Waals surface area contributed by atoms with Gasteiger partial charge in [0, 0.05) is 39.7 Å². The summed E-state index contributed by atoms with van der Waals surface area (Å²) in [4.78, 5) is 10.2. The molecule has 0 unspecified atom stereocenters. The van der Waals surface area contributed by atoms with E-state index in [4.69, 9.17) is 22.9 Å². The molecule has 0 atom stereocenters. The van der Waals surface area contributed by atoms with Crippen molar-refractivity contribution in [1.82, 2.24) is 19.5 Å². The maximum atomic E-state index is 5.64. The number of aromatic nitrogens is 4. The fraction of sp³-hybridized carbons (Fsp3) is 0. The number of rotatable bonds is 1. The van der Waals surface area contributed by atoms with Crippen molar-refractivity contribution in [3.05, 3.63) is 76.9 Å². The summed E-state index contributed by atoms with van der Waals surface area (Å²) in [6.45, 7) is 0. The molecule has 2 aromatic carbocycles. The van der Waals surface area contributed by atoms with Gasteiger partial charge in [0.15, 0.2) is 5.95 Å². The van der Waals surface area contributed by atoms with Crippen LogP contribution in [0.3, 0.4) is 0 Å². The van der Waals surface area contributed by atoms with E-state index in [1.165, 1.54) is 3.57 Å². The molecule has 0 fully saturated rings. The lowest BCUT2D eigenvalue weighted by molar-refractivity contribution is 1.08. The van der Waals surface area contributed by atoms with Gasteiger partial charge in [-0.2, -0.15) is 0 Å². The molecule has 2 heterocycles. The first kappa shape index (κ1) is 20.1. The Morgan fingerprint density at radius 1 is 0.852 bits per heavy atom. The summed E-state index contributed by atoms with van der Waals surface area (Å²) in [7, 11) is 0. The predicted octanol–water partition coefficient (Wildman–Crippen LogP) is 2.90. The topological polar surface area (TPSA) is 151 Å². The van der Waals surface area contributed by atoms with Crippen LogP contribution in [0.25, 0.3) is 5.69 Å². The molecule has 0 aliphatic carbocycles. The Morgan fingerprint density at radius 3 is 1.96 bits per heavy atom. The minimum atomic E-state index is 0.464. The minimum absolute atomic E-state index is 0.464. The van der Waals surface area contributed by atoms with Crippen molar-refractivity contribution in [2.45, 2.75) is 0 Å². The van der Waals surface area contributed by atoms with E-state index in [0.29, 0.717) is 17.6 Å². The molecule has 9 N–H and O–H groups in total. The molecule has 0 saturated heterocycles. The molecule has 4 rings (SSSR count). The molecule has 4 aromatic rings. The fourth-order valence-electron chi connectivity index (χ4n) is 1.99. The molecule has 0 aliphatic heterocycles. The van der Waals surface area contributed by atoms with Crippen LogP contribution in [0.15, 0.2) is 73.3 Å². The molecular formula is C18H21IN8. The second kappa shape index (κ2) is 10.1. The molecule has 0 spiro atoms. The highest BCUT2D eigenvalue weighted by atomic mass is 127. The number of benzene rings is 2. The Balaban J connectivity index is 0.000000159. The standard InChI is InChI=1S/C9H10N4.C6H6IN.C3H5N3/c10-7-2-1-3-8(6-7)13-5-4-12-9(13)11;7-5-2-1-3-6(8)4-5;4-3-5-1-2-6-3/h1-6H,10H2,(H2,11,12);1-4H,8H2;1-2H,(H3,4,5,6). The lowest BCUT2D eigenvalue weighted by Gasteiger charge is -2.04. The molecule has 9 heteroatoms. The molecule has 0 saturated carbocycles. The lowest BCUT2D eigenvalue weighted by Crippen LogP contribution is -1.99. The van der Waals surface area contributed by atoms with Crippen molar-refractivity contribution in [1.29, 1.82) is 0 Å². The summed E-state index contributed by atoms with van der Waals surface area (Å²) in [5.74, 6) is 0.931. The van der Waals surface area contributed by atoms with Crippen molar-refractivity contribution >= 4 is 45.9 Å². The van der Waals surface area contributed by atoms with E-state index in [2.05, 4.69) is 37.5 Å². The number of anilines is 4. The van der Waals surface area contributed by atoms with Crippen LogP contribution >= 0.6 is 22.6 Å². The van der Waals surface area contributed by atoms with E-state index < -0.39 is 0 Å². The van der Waals surface area contributed by atoms with Gasteiger partial charge >= 0.3 is 0 Å². The highest BCUT2D eigenvalue weighted by Gasteiger charge is 1.99. The molecule has 2 aromatic heterocycles. The van der Waals surface area contributed by atoms with Crippen LogP contribution in [-0.4, -0.2) is 19.5 Å². The van der Waals surface area contributed by atoms with E-state index >= 15 is 0 Å². The van der Waals surface area contributed by atoms with Gasteiger partial charge in [-0.15, -0.1) is 0 Å². The second-order valence-electron chi connectivity index (χ2n) is 5.28. The number of H-pyrrole nitrogens is 1. The zero-order chi connectivity index (χ0) is 19.6. The quantitative estimate of drug-likeness (QED) is 0.211. The van der Waals surface area contributed by atoms with Crippen LogP contribution in [-0.2, 0) is 0 Å². The summed E-state index contributed by atoms with van der Waals surface area (Å²) in [6, 6.07) is 15.2. The van der Waals surface area contributed by atoms with Gasteiger partial charge in [-0.05, 0) is 59.0 Å². The molecule has 0 radical (unpaired) electrons. The summed E-state index contributed by atoms with van der Waals surface area (Å²) in [5, 5.41) is 0. The van der Waals surface area contributed by atoms with Crippen LogP contribution < -0.4 is 22.9 Å². The summed E-state index contributed by atoms with van der Waals surface area (Å²) < 4.78 is 2.96. The van der Waals surface area contributed by atoms with E-state index in [1.807, 2.05) is 48.5 Å². The zero-order valence-corrected chi connectivity index (χ0v) is 16.6. The van der Waals surface area contributed by atoms with Crippen LogP contribution in [0.2, 0.25) is 0 Å². The number of hydrogen-bond acceptors (Lipinski definition) is 6. The largest absolute Gasteiger partial charge is 0.399 e. The lowest BCUT2D eigenvalue weighted by atomic mass is 10.3. The van der Waals surface area contributed by atoms with E-state index in [9.17, 15) is 0 Å². The smallest absolute Gasteiger partial charge is 0.204 e. The molecular weight excluding hydrogens is 455 g/mol. The van der Waals surface area contributed by atoms with Gasteiger partial charge in [0.05, 0.1) is 5.69 Å². The Kier molecular flexibility index (Phi) is 7.49. The summed E-state index contributed by atoms with van der Waals surface area (Å²) >= 11 is 2.23. The van der Waals surface area contributed by atoms with Gasteiger partial charge in [-0.3, -0.25) is 4.57 Å². The fourth-order valence-corrected chi connectivity index (χ4v) is 2.56. The number of halogens is 1. The first-order valence-electron chi connectivity index (χ1n) is 7.86. The van der Waals surface area contributed by atoms with Crippen LogP contribution in [0.4, 0.5) is 23.3 Å². The molecule has 0 amide bonds. The average Bonchev–Trinajstić information content (AvgIpc) is 3.27. The third-order valence-corrected chi connectivity index (χ3v) is 3.86. The third-order valence-electron chi connectivity index (χ3n) is 3.19. The van der Waals surface area contributed by atoms with Crippen LogP contribution in [0, 0.1) is 3.57 Å². The van der Waals surface area contributed by atoms with Crippen molar-refractivity contribution in [3.8, 4) is 5.69 Å². The SMILES string of the molecule is Nc1cccc(-n2ccnc2N)c1.Nc1cccc(I)c1.Nc1ncc[nH]1. The Bertz CT molecular complexity index is 932. The van der Waals surface area contributed by atoms with Gasteiger partial charge in [-0.1, -0.05) is 12.1 Å². The highest BCUT2D eigenvalue weighted by Crippen LogP contribution is 2.14. The number of aromatic amines is 1. The number of nitrogens with one attached hydrogen (secondary N) is 1. The molecule has 0 bridgehead atoms. The molecule has 8 nitrogen and oxygen atoms in total. The molecule has 140 valence electrons. The summed E-state index contributed by atoms with van der Waals surface area (Å²) in [6.07, 6.45) is 6.73. The van der Waals surface area contributed by atoms with Gasteiger partial charge in [0.25, 0.3) is 0 Å². The van der Waals surface area contributed by atoms with Crippen LogP contribution in [0.5, 0.6) is 0 Å². The minimum Gasteiger partial charge on any atom is -0.399 e. The maximum absolute atomic E-state index is 5.64. The normalized spacial score (nSPS) is 9.52. The molecule has 27 heavy (non-hydrogen) atoms. The van der Waals surface area contributed by atoms with Crippen molar-refractivity contribution in [3.63, 3.8) is 0 Å². The van der Waals surface area contributed by atoms with E-state index in [-0.39, 0.29) is 0 Å². The predicted molar refractivity (Wildman–Crippen MR) is 119 cm³/mol. The number of nitrogens with two attached hydrogens (primary N) is 4. The maximum Gasteiger partial charge on any atom is 0.204 e. The highest BCUT2D eigenvalue weighted by molar-refractivity contribution is 14.1. The van der Waals surface area contributed by atoms with Gasteiger partial charge < -0.3 is 27.9 Å². The Morgan fingerprint density at radius 2 is 1.56 bits per heavy atom. The van der Waals surface area contributed by atoms with Gasteiger partial charge in [0.1, 0.15) is 0 Å². The first-order chi connectivity index (χ1) is 13.0. The Labute approximate surface area is 170 Å². The van der Waals surface area contributed by atoms with Crippen LogP contribution in [0.1, 0.15) is 0 Å². The van der Waals surface area contributed by atoms with Crippen molar-refractivity contribution in [2.75, 3.05) is 22.9 Å². The van der Waals surface area contributed by atoms with E-state index in [0.717, 1.165) is 11.4 Å². The summed E-state index contributed by atoms with van der Waals surface area (Å²) in [5.41, 5.74) is 24.3. The monoisotopic (exact) mass is 476 g/mol. The number of nitrogens with zero attached hydrogens (tertiary/aromatic N) is 3. The van der Waals surface area contributed by atoms with Gasteiger partial charge in [-0.25, -0.2) is 9.97 Å². The molecule has 0 aliphatic rings. The number of hydrogen-bond donors (Lipinski definition) is 5. The average molecular weight is 476 g/mol. The first-order valence-corrected chi connectivity index (χ1v) is 8.94. The number of imidazole rings is 2. The van der Waals surface area contributed by atoms with Crippen molar-refractivity contribution in [2.24, 2.45) is 0 Å². The second-order valence-corrected chi connectivity index (χ2v) is 6.53. The Hall–Kier alpha value is -3.21. The van der Waals surface area contributed by atoms with Gasteiger partial charge in [0.2, 0.25) is 5.95 Å². The third kappa shape index (κ3) is 6.90. The number of nitrogen functional groups attached to an aromatic ring is 4. The van der Waals surface area contributed by atoms with E-state index in [1.54, 1.807) is 29.4 Å². The van der Waals surface area contributed by atoms with Crippen molar-refractivity contribution < 1.29 is 0 Å².